The van der Waals surface area contributed by atoms with Gasteiger partial charge in [0.15, 0.2) is 0 Å². The molecule has 1 spiro atoms. The lowest BCUT2D eigenvalue weighted by atomic mass is 9.60. The summed E-state index contributed by atoms with van der Waals surface area (Å²) in [5.74, 6) is 0.856. The summed E-state index contributed by atoms with van der Waals surface area (Å²) in [5.41, 5.74) is 1.44. The van der Waals surface area contributed by atoms with Crippen LogP contribution in [-0.2, 0) is 16.6 Å². The van der Waals surface area contributed by atoms with Crippen molar-refractivity contribution in [1.82, 2.24) is 14.7 Å². The Morgan fingerprint density at radius 1 is 1.42 bits per heavy atom. The number of aryl methyl sites for hydroxylation is 1. The van der Waals surface area contributed by atoms with Crippen LogP contribution in [0.3, 0.4) is 0 Å². The normalized spacial score (nSPS) is 33.5. The summed E-state index contributed by atoms with van der Waals surface area (Å²) in [6.07, 6.45) is 11.3. The average Bonchev–Trinajstić information content (AvgIpc) is 2.97. The fraction of sp³-hybridized carbons (Fsp3) is 0.789. The van der Waals surface area contributed by atoms with Crippen LogP contribution in [0.25, 0.3) is 0 Å². The molecule has 24 heavy (non-hydrogen) atoms. The highest BCUT2D eigenvalue weighted by Gasteiger charge is 2.60. The summed E-state index contributed by atoms with van der Waals surface area (Å²) < 4.78 is 7.82. The van der Waals surface area contributed by atoms with Crippen molar-refractivity contribution >= 4 is 5.91 Å². The van der Waals surface area contributed by atoms with Crippen LogP contribution in [0.5, 0.6) is 0 Å². The molecule has 1 heterocycles. The number of carbonyl (C=O) groups is 1. The molecular weight excluding hydrogens is 302 g/mol. The Hall–Kier alpha value is -1.36. The van der Waals surface area contributed by atoms with Crippen molar-refractivity contribution in [3.05, 3.63) is 18.0 Å². The summed E-state index contributed by atoms with van der Waals surface area (Å²) in [5, 5.41) is 4.24. The van der Waals surface area contributed by atoms with E-state index in [4.69, 9.17) is 4.74 Å². The second-order valence-electron chi connectivity index (χ2n) is 7.98. The van der Waals surface area contributed by atoms with Gasteiger partial charge in [-0.2, -0.15) is 5.10 Å². The van der Waals surface area contributed by atoms with E-state index in [0.29, 0.717) is 24.0 Å². The highest BCUT2D eigenvalue weighted by Crippen LogP contribution is 2.57. The first-order valence-electron chi connectivity index (χ1n) is 9.43. The molecule has 5 heteroatoms. The minimum Gasteiger partial charge on any atom is -0.378 e. The van der Waals surface area contributed by atoms with Crippen LogP contribution in [0.15, 0.2) is 12.4 Å². The molecule has 4 atom stereocenters. The van der Waals surface area contributed by atoms with Crippen molar-refractivity contribution in [2.24, 2.45) is 18.4 Å². The Bertz CT molecular complexity index is 620. The quantitative estimate of drug-likeness (QED) is 0.833. The number of amides is 1. The second kappa shape index (κ2) is 5.87. The molecule has 0 aliphatic heterocycles. The molecule has 1 amide bonds. The molecule has 4 rings (SSSR count). The van der Waals surface area contributed by atoms with E-state index in [-0.39, 0.29) is 11.3 Å². The number of ether oxygens (including phenoxy) is 1. The zero-order chi connectivity index (χ0) is 16.9. The second-order valence-corrected chi connectivity index (χ2v) is 7.98. The average molecular weight is 331 g/mol. The van der Waals surface area contributed by atoms with Gasteiger partial charge in [0, 0.05) is 44.3 Å². The maximum atomic E-state index is 13.0. The molecule has 5 nitrogen and oxygen atoms in total. The number of carbonyl (C=O) groups excluding carboxylic acids is 1. The van der Waals surface area contributed by atoms with E-state index in [1.165, 1.54) is 31.2 Å². The first-order valence-corrected chi connectivity index (χ1v) is 9.43. The number of nitrogens with zero attached hydrogens (tertiary/aromatic N) is 3. The Morgan fingerprint density at radius 2 is 2.17 bits per heavy atom. The van der Waals surface area contributed by atoms with Gasteiger partial charge in [0.2, 0.25) is 5.91 Å². The zero-order valence-electron chi connectivity index (χ0n) is 15.1. The van der Waals surface area contributed by atoms with Gasteiger partial charge >= 0.3 is 0 Å². The molecule has 0 saturated heterocycles. The first kappa shape index (κ1) is 16.1. The van der Waals surface area contributed by atoms with E-state index in [1.807, 2.05) is 31.2 Å². The molecular formula is C19H29N3O2. The molecule has 3 fully saturated rings. The third kappa shape index (κ3) is 2.40. The predicted molar refractivity (Wildman–Crippen MR) is 91.5 cm³/mol. The molecule has 0 N–H and O–H groups in total. The lowest BCUT2D eigenvalue weighted by Gasteiger charge is -2.57. The molecule has 0 bridgehead atoms. The van der Waals surface area contributed by atoms with E-state index in [2.05, 4.69) is 16.9 Å². The summed E-state index contributed by atoms with van der Waals surface area (Å²) in [6.45, 7) is 2.86. The van der Waals surface area contributed by atoms with Crippen LogP contribution in [0, 0.1) is 11.3 Å². The van der Waals surface area contributed by atoms with Crippen molar-refractivity contribution in [1.29, 1.82) is 0 Å². The van der Waals surface area contributed by atoms with Gasteiger partial charge in [0.1, 0.15) is 0 Å². The number of aromatic nitrogens is 2. The van der Waals surface area contributed by atoms with E-state index >= 15 is 0 Å². The minimum atomic E-state index is 0.156. The number of rotatable bonds is 5. The summed E-state index contributed by atoms with van der Waals surface area (Å²) >= 11 is 0. The number of hydrogen-bond acceptors (Lipinski definition) is 3. The Balaban J connectivity index is 1.42. The smallest absolute Gasteiger partial charge is 0.226 e. The van der Waals surface area contributed by atoms with Crippen LogP contribution in [0.1, 0.15) is 56.9 Å². The third-order valence-corrected chi connectivity index (χ3v) is 6.72. The highest BCUT2D eigenvalue weighted by molar-refractivity contribution is 5.83. The zero-order valence-corrected chi connectivity index (χ0v) is 15.1. The monoisotopic (exact) mass is 331 g/mol. The molecule has 1 aromatic heterocycles. The minimum absolute atomic E-state index is 0.156. The predicted octanol–water partition coefficient (Wildman–Crippen LogP) is 2.72. The lowest BCUT2D eigenvalue weighted by Crippen LogP contribution is -2.64. The van der Waals surface area contributed by atoms with Gasteiger partial charge < -0.3 is 9.64 Å². The molecule has 132 valence electrons. The summed E-state index contributed by atoms with van der Waals surface area (Å²) in [6, 6.07) is 0.374. The summed E-state index contributed by atoms with van der Waals surface area (Å²) in [4.78, 5) is 15.1. The molecule has 0 aromatic carbocycles. The van der Waals surface area contributed by atoms with E-state index < -0.39 is 0 Å². The molecule has 0 radical (unpaired) electrons. The topological polar surface area (TPSA) is 47.4 Å². The summed E-state index contributed by atoms with van der Waals surface area (Å²) in [7, 11) is 3.95. The Morgan fingerprint density at radius 3 is 2.79 bits per heavy atom. The van der Waals surface area contributed by atoms with Crippen LogP contribution in [-0.4, -0.2) is 46.4 Å². The number of hydrogen-bond donors (Lipinski definition) is 0. The van der Waals surface area contributed by atoms with Crippen molar-refractivity contribution in [3.8, 4) is 0 Å². The SMILES string of the molecule is CCO[C@@H]1C[C@H](N(C)C(=O)[C@@H]2C[C@@H]2c2cnn(C)c2)C12CCCC2. The molecule has 3 aliphatic carbocycles. The van der Waals surface area contributed by atoms with Crippen LogP contribution < -0.4 is 0 Å². The van der Waals surface area contributed by atoms with Gasteiger partial charge in [0.25, 0.3) is 0 Å². The van der Waals surface area contributed by atoms with E-state index in [1.54, 1.807) is 0 Å². The van der Waals surface area contributed by atoms with Crippen LogP contribution in [0.4, 0.5) is 0 Å². The van der Waals surface area contributed by atoms with Gasteiger partial charge in [0.05, 0.1) is 12.3 Å². The van der Waals surface area contributed by atoms with Crippen LogP contribution >= 0.6 is 0 Å². The van der Waals surface area contributed by atoms with Crippen molar-refractivity contribution in [2.45, 2.75) is 63.5 Å². The van der Waals surface area contributed by atoms with Gasteiger partial charge in [-0.25, -0.2) is 0 Å². The largest absolute Gasteiger partial charge is 0.378 e. The molecule has 3 aliphatic rings. The molecule has 1 aromatic rings. The first-order chi connectivity index (χ1) is 11.6. The maximum Gasteiger partial charge on any atom is 0.226 e. The third-order valence-electron chi connectivity index (χ3n) is 6.72. The van der Waals surface area contributed by atoms with Crippen molar-refractivity contribution in [2.75, 3.05) is 13.7 Å². The fourth-order valence-corrected chi connectivity index (χ4v) is 5.28. The van der Waals surface area contributed by atoms with Gasteiger partial charge in [-0.1, -0.05) is 12.8 Å². The molecule has 0 unspecified atom stereocenters. The van der Waals surface area contributed by atoms with E-state index in [0.717, 1.165) is 19.4 Å². The van der Waals surface area contributed by atoms with Gasteiger partial charge in [-0.15, -0.1) is 0 Å². The Kier molecular flexibility index (Phi) is 3.94. The fourth-order valence-electron chi connectivity index (χ4n) is 5.28. The van der Waals surface area contributed by atoms with Gasteiger partial charge in [-0.05, 0) is 44.1 Å². The standard InChI is InChI=1S/C19H29N3O2/c1-4-24-17-10-16(19(17)7-5-6-8-19)22(3)18(23)15-9-14(15)13-11-20-21(2)12-13/h11-12,14-17H,4-10H2,1-3H3/t14-,15-,16+,17-/m1/s1. The van der Waals surface area contributed by atoms with Crippen LogP contribution in [0.2, 0.25) is 0 Å². The highest BCUT2D eigenvalue weighted by atomic mass is 16.5. The molecule has 3 saturated carbocycles. The van der Waals surface area contributed by atoms with Crippen molar-refractivity contribution < 1.29 is 9.53 Å². The Labute approximate surface area is 144 Å². The maximum absolute atomic E-state index is 13.0. The van der Waals surface area contributed by atoms with E-state index in [9.17, 15) is 4.79 Å². The van der Waals surface area contributed by atoms with Crippen molar-refractivity contribution in [3.63, 3.8) is 0 Å². The lowest BCUT2D eigenvalue weighted by molar-refractivity contribution is -0.173. The van der Waals surface area contributed by atoms with Gasteiger partial charge in [-0.3, -0.25) is 9.48 Å².